The average molecular weight is 409 g/mol. The number of carbonyl (C=O) groups is 3. The Bertz CT molecular complexity index is 892. The summed E-state index contributed by atoms with van der Waals surface area (Å²) >= 11 is 0. The number of primary amides is 1. The first-order valence-corrected chi connectivity index (χ1v) is 10.1. The molecule has 0 spiro atoms. The van der Waals surface area contributed by atoms with Gasteiger partial charge in [-0.15, -0.1) is 0 Å². The highest BCUT2D eigenvalue weighted by Gasteiger charge is 2.45. The Kier molecular flexibility index (Phi) is 6.52. The van der Waals surface area contributed by atoms with Crippen molar-refractivity contribution in [3.63, 3.8) is 0 Å². The SMILES string of the molecule is C[C@@H](N)CC1(C(N)=O)c2ccc(CNC=O)cc2CCc2cc(CNC=O)ccc21. The Morgan fingerprint density at radius 1 is 1.00 bits per heavy atom. The van der Waals surface area contributed by atoms with Crippen LogP contribution >= 0.6 is 0 Å². The van der Waals surface area contributed by atoms with E-state index in [9.17, 15) is 14.4 Å². The summed E-state index contributed by atoms with van der Waals surface area (Å²) in [5.74, 6) is -0.429. The van der Waals surface area contributed by atoms with Crippen molar-refractivity contribution in [3.8, 4) is 0 Å². The second-order valence-electron chi connectivity index (χ2n) is 7.93. The molecule has 30 heavy (non-hydrogen) atoms. The van der Waals surface area contributed by atoms with E-state index in [1.54, 1.807) is 0 Å². The molecule has 6 N–H and O–H groups in total. The van der Waals surface area contributed by atoms with E-state index in [2.05, 4.69) is 10.6 Å². The van der Waals surface area contributed by atoms with Gasteiger partial charge in [-0.25, -0.2) is 0 Å². The third-order valence-corrected chi connectivity index (χ3v) is 5.75. The van der Waals surface area contributed by atoms with Crippen molar-refractivity contribution in [1.29, 1.82) is 0 Å². The highest BCUT2D eigenvalue weighted by molar-refractivity contribution is 5.92. The molecule has 1 aliphatic carbocycles. The summed E-state index contributed by atoms with van der Waals surface area (Å²) in [4.78, 5) is 34.4. The summed E-state index contributed by atoms with van der Waals surface area (Å²) in [7, 11) is 0. The molecule has 0 aromatic heterocycles. The van der Waals surface area contributed by atoms with Crippen molar-refractivity contribution in [2.24, 2.45) is 11.5 Å². The Morgan fingerprint density at radius 2 is 1.47 bits per heavy atom. The minimum Gasteiger partial charge on any atom is -0.369 e. The molecule has 7 heteroatoms. The van der Waals surface area contributed by atoms with E-state index >= 15 is 0 Å². The number of aryl methyl sites for hydroxylation is 2. The topological polar surface area (TPSA) is 127 Å². The number of benzene rings is 2. The van der Waals surface area contributed by atoms with E-state index in [1.165, 1.54) is 0 Å². The first-order valence-electron chi connectivity index (χ1n) is 10.1. The standard InChI is InChI=1S/C23H28N4O3/c1-15(24)10-23(22(25)30)20-6-2-16(11-26-13-28)8-18(20)4-5-19-9-17(12-27-14-29)3-7-21(19)23/h2-3,6-9,13-15H,4-5,10-12,24H2,1H3,(H2,25,30)(H,26,28)(H,27,29)/t15-/m1/s1. The fraction of sp³-hybridized carbons (Fsp3) is 0.348. The molecule has 0 radical (unpaired) electrons. The van der Waals surface area contributed by atoms with Crippen LogP contribution < -0.4 is 22.1 Å². The lowest BCUT2D eigenvalue weighted by molar-refractivity contribution is -0.122. The number of hydrogen-bond donors (Lipinski definition) is 4. The van der Waals surface area contributed by atoms with Gasteiger partial charge in [0.25, 0.3) is 0 Å². The molecule has 2 aromatic carbocycles. The molecule has 1 aliphatic rings. The van der Waals surface area contributed by atoms with Gasteiger partial charge in [-0.1, -0.05) is 36.4 Å². The smallest absolute Gasteiger partial charge is 0.232 e. The highest BCUT2D eigenvalue weighted by atomic mass is 16.1. The lowest BCUT2D eigenvalue weighted by atomic mass is 9.68. The van der Waals surface area contributed by atoms with Crippen molar-refractivity contribution in [2.75, 3.05) is 0 Å². The van der Waals surface area contributed by atoms with Gasteiger partial charge in [0.1, 0.15) is 5.41 Å². The van der Waals surface area contributed by atoms with E-state index < -0.39 is 11.3 Å². The summed E-state index contributed by atoms with van der Waals surface area (Å²) in [5.41, 5.74) is 17.0. The molecule has 0 heterocycles. The van der Waals surface area contributed by atoms with Gasteiger partial charge >= 0.3 is 0 Å². The zero-order valence-electron chi connectivity index (χ0n) is 17.1. The number of hydrogen-bond acceptors (Lipinski definition) is 4. The van der Waals surface area contributed by atoms with Gasteiger partial charge in [0.05, 0.1) is 0 Å². The first-order chi connectivity index (χ1) is 14.4. The minimum absolute atomic E-state index is 0.246. The molecule has 0 fully saturated rings. The maximum Gasteiger partial charge on any atom is 0.232 e. The van der Waals surface area contributed by atoms with Crippen molar-refractivity contribution < 1.29 is 14.4 Å². The van der Waals surface area contributed by atoms with Crippen LogP contribution in [0.1, 0.15) is 46.7 Å². The second-order valence-corrected chi connectivity index (χ2v) is 7.93. The monoisotopic (exact) mass is 408 g/mol. The van der Waals surface area contributed by atoms with Gasteiger partial charge in [-0.3, -0.25) is 14.4 Å². The predicted molar refractivity (Wildman–Crippen MR) is 114 cm³/mol. The van der Waals surface area contributed by atoms with Crippen LogP contribution in [0.5, 0.6) is 0 Å². The lowest BCUT2D eigenvalue weighted by Crippen LogP contribution is -2.46. The average Bonchev–Trinajstić information content (AvgIpc) is 2.85. The van der Waals surface area contributed by atoms with Crippen molar-refractivity contribution in [3.05, 3.63) is 69.8 Å². The fourth-order valence-corrected chi connectivity index (χ4v) is 4.56. The molecule has 2 aromatic rings. The number of nitrogens with two attached hydrogens (primary N) is 2. The van der Waals surface area contributed by atoms with Crippen molar-refractivity contribution in [2.45, 2.75) is 50.7 Å². The van der Waals surface area contributed by atoms with Crippen LogP contribution in [0.3, 0.4) is 0 Å². The van der Waals surface area contributed by atoms with E-state index in [1.807, 2.05) is 43.3 Å². The molecule has 3 amide bonds. The molecule has 0 saturated carbocycles. The van der Waals surface area contributed by atoms with Gasteiger partial charge in [0.2, 0.25) is 18.7 Å². The third kappa shape index (κ3) is 4.07. The summed E-state index contributed by atoms with van der Waals surface area (Å²) < 4.78 is 0. The van der Waals surface area contributed by atoms with Gasteiger partial charge in [0, 0.05) is 19.1 Å². The summed E-state index contributed by atoms with van der Waals surface area (Å²) in [6, 6.07) is 11.5. The molecule has 0 aliphatic heterocycles. The number of amides is 3. The Labute approximate surface area is 176 Å². The number of carbonyl (C=O) groups excluding carboxylic acids is 3. The van der Waals surface area contributed by atoms with Crippen LogP contribution in [-0.4, -0.2) is 24.8 Å². The summed E-state index contributed by atoms with van der Waals surface area (Å²) in [6.45, 7) is 2.71. The zero-order valence-corrected chi connectivity index (χ0v) is 17.1. The Hall–Kier alpha value is -3.19. The molecule has 1 atom stereocenters. The molecule has 0 saturated heterocycles. The molecule has 158 valence electrons. The van der Waals surface area contributed by atoms with Crippen LogP contribution in [0.2, 0.25) is 0 Å². The Balaban J connectivity index is 2.19. The van der Waals surface area contributed by atoms with Gasteiger partial charge in [-0.05, 0) is 59.6 Å². The summed E-state index contributed by atoms with van der Waals surface area (Å²) in [6.07, 6.45) is 3.19. The number of fused-ring (bicyclic) bond motifs is 2. The van der Waals surface area contributed by atoms with Gasteiger partial charge in [-0.2, -0.15) is 0 Å². The molecule has 0 bridgehead atoms. The van der Waals surface area contributed by atoms with Crippen molar-refractivity contribution in [1.82, 2.24) is 10.6 Å². The number of nitrogens with one attached hydrogen (secondary N) is 2. The maximum atomic E-state index is 13.1. The molecule has 0 unspecified atom stereocenters. The molecular weight excluding hydrogens is 380 g/mol. The van der Waals surface area contributed by atoms with Crippen LogP contribution in [0.4, 0.5) is 0 Å². The summed E-state index contributed by atoms with van der Waals surface area (Å²) in [5, 5.41) is 5.36. The third-order valence-electron chi connectivity index (χ3n) is 5.75. The largest absolute Gasteiger partial charge is 0.369 e. The van der Waals surface area contributed by atoms with Crippen LogP contribution in [0.25, 0.3) is 0 Å². The van der Waals surface area contributed by atoms with Crippen LogP contribution in [-0.2, 0) is 45.7 Å². The highest BCUT2D eigenvalue weighted by Crippen LogP contribution is 2.43. The van der Waals surface area contributed by atoms with Crippen LogP contribution in [0.15, 0.2) is 36.4 Å². The predicted octanol–water partition coefficient (Wildman–Crippen LogP) is 0.786. The second kappa shape index (κ2) is 9.09. The van der Waals surface area contributed by atoms with E-state index in [-0.39, 0.29) is 6.04 Å². The lowest BCUT2D eigenvalue weighted by Gasteiger charge is -2.35. The minimum atomic E-state index is -1.04. The number of rotatable bonds is 9. The zero-order chi connectivity index (χ0) is 21.7. The van der Waals surface area contributed by atoms with Gasteiger partial charge in [0.15, 0.2) is 0 Å². The normalized spacial score (nSPS) is 15.1. The van der Waals surface area contributed by atoms with Gasteiger partial charge < -0.3 is 22.1 Å². The first kappa shape index (κ1) is 21.5. The maximum absolute atomic E-state index is 13.1. The van der Waals surface area contributed by atoms with Crippen LogP contribution in [0, 0.1) is 0 Å². The van der Waals surface area contributed by atoms with E-state index in [0.29, 0.717) is 32.3 Å². The van der Waals surface area contributed by atoms with Crippen molar-refractivity contribution >= 4 is 18.7 Å². The molecule has 7 nitrogen and oxygen atoms in total. The Morgan fingerprint density at radius 3 is 1.83 bits per heavy atom. The fourth-order valence-electron chi connectivity index (χ4n) is 4.56. The quantitative estimate of drug-likeness (QED) is 0.457. The molecular formula is C23H28N4O3. The van der Waals surface area contributed by atoms with E-state index in [0.717, 1.165) is 46.2 Å². The van der Waals surface area contributed by atoms with E-state index in [4.69, 9.17) is 11.5 Å². The molecule has 3 rings (SSSR count).